The quantitative estimate of drug-likeness (QED) is 0.102. The van der Waals surface area contributed by atoms with Gasteiger partial charge in [0, 0.05) is 34.1 Å². The van der Waals surface area contributed by atoms with Gasteiger partial charge in [0.25, 0.3) is 0 Å². The molecule has 6 nitrogen and oxygen atoms in total. The molecule has 7 heteroatoms. The van der Waals surface area contributed by atoms with E-state index in [1.807, 2.05) is 48.5 Å². The molecule has 0 aliphatic heterocycles. The maximum atomic E-state index is 11.1. The Morgan fingerprint density at radius 1 is 0.532 bits per heavy atom. The molecule has 6 aromatic carbocycles. The van der Waals surface area contributed by atoms with Crippen LogP contribution in [0.4, 0.5) is 34.1 Å². The Bertz CT molecular complexity index is 1930. The van der Waals surface area contributed by atoms with Crippen LogP contribution in [-0.4, -0.2) is 22.6 Å². The summed E-state index contributed by atoms with van der Waals surface area (Å²) in [5.74, 6) is 0.652. The molecule has 0 radical (unpaired) electrons. The fraction of sp³-hybridized carbons (Fsp3) is 0.100. The zero-order valence-corrected chi connectivity index (χ0v) is 27.1. The lowest BCUT2D eigenvalue weighted by Gasteiger charge is -2.26. The van der Waals surface area contributed by atoms with E-state index < -0.39 is 7.60 Å². The van der Waals surface area contributed by atoms with Crippen molar-refractivity contribution in [2.75, 3.05) is 22.6 Å². The fourth-order valence-corrected chi connectivity index (χ4v) is 6.11. The molecule has 0 saturated carbocycles. The minimum atomic E-state index is -4.02. The average molecular weight is 641 g/mol. The number of benzene rings is 6. The summed E-state index contributed by atoms with van der Waals surface area (Å²) < 4.78 is 16.8. The summed E-state index contributed by atoms with van der Waals surface area (Å²) >= 11 is 0. The van der Waals surface area contributed by atoms with Crippen LogP contribution in [-0.2, 0) is 4.57 Å². The van der Waals surface area contributed by atoms with E-state index in [0.717, 1.165) is 45.3 Å². The van der Waals surface area contributed by atoms with Gasteiger partial charge in [0.05, 0.1) is 12.8 Å². The SMILES string of the molecule is Cc1cccc(N(c2ccccc2)c2ccc(-c3ccc(N(c4ccccc4)c4ccc(OCCCP(=O)(O)O)cc4)cc3)cc2)c1. The van der Waals surface area contributed by atoms with E-state index in [1.54, 1.807) is 0 Å². The number of nitrogens with zero attached hydrogens (tertiary/aromatic N) is 2. The third-order valence-electron chi connectivity index (χ3n) is 7.83. The first-order valence-corrected chi connectivity index (χ1v) is 17.4. The largest absolute Gasteiger partial charge is 0.494 e. The summed E-state index contributed by atoms with van der Waals surface area (Å²) in [7, 11) is -4.02. The first kappa shape index (κ1) is 31.8. The Labute approximate surface area is 276 Å². The summed E-state index contributed by atoms with van der Waals surface area (Å²) in [4.78, 5) is 22.6. The Hall–Kier alpha value is -5.13. The monoisotopic (exact) mass is 640 g/mol. The zero-order valence-electron chi connectivity index (χ0n) is 26.2. The van der Waals surface area contributed by atoms with E-state index in [-0.39, 0.29) is 19.2 Å². The van der Waals surface area contributed by atoms with Gasteiger partial charge in [-0.05, 0) is 115 Å². The van der Waals surface area contributed by atoms with Crippen LogP contribution in [0.15, 0.2) is 158 Å². The molecule has 6 rings (SSSR count). The second kappa shape index (κ2) is 14.5. The van der Waals surface area contributed by atoms with Crippen LogP contribution in [0, 0.1) is 6.92 Å². The molecule has 0 bridgehead atoms. The van der Waals surface area contributed by atoms with Crippen LogP contribution in [0.5, 0.6) is 5.75 Å². The van der Waals surface area contributed by atoms with E-state index in [9.17, 15) is 4.57 Å². The van der Waals surface area contributed by atoms with Gasteiger partial charge < -0.3 is 24.3 Å². The summed E-state index contributed by atoms with van der Waals surface area (Å²) in [5, 5.41) is 0. The molecule has 0 heterocycles. The molecule has 0 aliphatic rings. The van der Waals surface area contributed by atoms with Crippen LogP contribution in [0.25, 0.3) is 11.1 Å². The fourth-order valence-electron chi connectivity index (χ4n) is 5.57. The summed E-state index contributed by atoms with van der Waals surface area (Å²) in [5.41, 5.74) is 9.78. The molecule has 47 heavy (non-hydrogen) atoms. The highest BCUT2D eigenvalue weighted by molar-refractivity contribution is 7.51. The van der Waals surface area contributed by atoms with Gasteiger partial charge in [0.2, 0.25) is 0 Å². The van der Waals surface area contributed by atoms with Crippen LogP contribution in [0.1, 0.15) is 12.0 Å². The summed E-state index contributed by atoms with van der Waals surface area (Å²) in [6.07, 6.45) is 0.0990. The minimum absolute atomic E-state index is 0.188. The molecule has 0 unspecified atom stereocenters. The lowest BCUT2D eigenvalue weighted by atomic mass is 10.0. The van der Waals surface area contributed by atoms with Crippen molar-refractivity contribution in [1.82, 2.24) is 0 Å². The van der Waals surface area contributed by atoms with Crippen LogP contribution < -0.4 is 14.5 Å². The van der Waals surface area contributed by atoms with Crippen molar-refractivity contribution in [2.45, 2.75) is 13.3 Å². The second-order valence-corrected chi connectivity index (χ2v) is 13.1. The first-order chi connectivity index (χ1) is 22.8. The van der Waals surface area contributed by atoms with E-state index >= 15 is 0 Å². The molecule has 6 aromatic rings. The van der Waals surface area contributed by atoms with Crippen molar-refractivity contribution >= 4 is 41.7 Å². The van der Waals surface area contributed by atoms with Crippen molar-refractivity contribution in [2.24, 2.45) is 0 Å². The number of ether oxygens (including phenoxy) is 1. The van der Waals surface area contributed by atoms with Crippen LogP contribution >= 0.6 is 7.60 Å². The number of hydrogen-bond donors (Lipinski definition) is 2. The minimum Gasteiger partial charge on any atom is -0.494 e. The Balaban J connectivity index is 1.23. The molecule has 0 aliphatic carbocycles. The third kappa shape index (κ3) is 8.18. The number of anilines is 6. The van der Waals surface area contributed by atoms with Gasteiger partial charge in [-0.3, -0.25) is 4.57 Å². The van der Waals surface area contributed by atoms with E-state index in [2.05, 4.69) is 126 Å². The average Bonchev–Trinajstić information content (AvgIpc) is 3.09. The third-order valence-corrected chi connectivity index (χ3v) is 8.73. The van der Waals surface area contributed by atoms with Gasteiger partial charge in [-0.2, -0.15) is 0 Å². The Morgan fingerprint density at radius 2 is 0.957 bits per heavy atom. The topological polar surface area (TPSA) is 73.2 Å². The molecule has 236 valence electrons. The van der Waals surface area contributed by atoms with Crippen molar-refractivity contribution in [3.05, 3.63) is 163 Å². The number of para-hydroxylation sites is 2. The molecule has 0 fully saturated rings. The van der Waals surface area contributed by atoms with Gasteiger partial charge in [-0.25, -0.2) is 0 Å². The lowest BCUT2D eigenvalue weighted by Crippen LogP contribution is -2.10. The van der Waals surface area contributed by atoms with E-state index in [0.29, 0.717) is 5.75 Å². The zero-order chi connectivity index (χ0) is 32.6. The highest BCUT2D eigenvalue weighted by atomic mass is 31.2. The first-order valence-electron chi connectivity index (χ1n) is 15.6. The molecule has 0 amide bonds. The predicted molar refractivity (Wildman–Crippen MR) is 193 cm³/mol. The Kier molecular flexibility index (Phi) is 9.84. The van der Waals surface area contributed by atoms with Gasteiger partial charge in [-0.15, -0.1) is 0 Å². The standard InChI is InChI=1S/C40H37N2O4P/c1-31-10-8-15-39(30-31)42(35-13-6-3-7-14-35)37-22-18-33(19-23-37)32-16-20-36(21-17-32)41(34-11-4-2-5-12-34)38-24-26-40(27-25-38)46-28-9-29-47(43,44)45/h2-8,10-27,30H,9,28-29H2,1H3,(H2,43,44,45). The summed E-state index contributed by atoms with van der Waals surface area (Å²) in [6.45, 7) is 2.36. The maximum Gasteiger partial charge on any atom is 0.325 e. The smallest absolute Gasteiger partial charge is 0.325 e. The number of hydrogen-bond acceptors (Lipinski definition) is 4. The van der Waals surface area contributed by atoms with Gasteiger partial charge in [0.15, 0.2) is 0 Å². The van der Waals surface area contributed by atoms with E-state index in [4.69, 9.17) is 14.5 Å². The predicted octanol–water partition coefficient (Wildman–Crippen LogP) is 10.5. The van der Waals surface area contributed by atoms with Gasteiger partial charge >= 0.3 is 7.60 Å². The van der Waals surface area contributed by atoms with Gasteiger partial charge in [-0.1, -0.05) is 72.8 Å². The highest BCUT2D eigenvalue weighted by Gasteiger charge is 2.15. The van der Waals surface area contributed by atoms with Crippen LogP contribution in [0.2, 0.25) is 0 Å². The summed E-state index contributed by atoms with van der Waals surface area (Å²) in [6, 6.07) is 54.2. The second-order valence-electron chi connectivity index (χ2n) is 11.4. The molecular weight excluding hydrogens is 603 g/mol. The van der Waals surface area contributed by atoms with Crippen molar-refractivity contribution < 1.29 is 19.1 Å². The van der Waals surface area contributed by atoms with Crippen molar-refractivity contribution in [1.29, 1.82) is 0 Å². The number of rotatable bonds is 12. The molecular formula is C40H37N2O4P. The van der Waals surface area contributed by atoms with Crippen LogP contribution in [0.3, 0.4) is 0 Å². The molecule has 0 aromatic heterocycles. The lowest BCUT2D eigenvalue weighted by molar-refractivity contribution is 0.309. The maximum absolute atomic E-state index is 11.1. The molecule has 0 saturated heterocycles. The normalized spacial score (nSPS) is 11.2. The number of aryl methyl sites for hydroxylation is 1. The van der Waals surface area contributed by atoms with Gasteiger partial charge in [0.1, 0.15) is 5.75 Å². The van der Waals surface area contributed by atoms with Crippen molar-refractivity contribution in [3.63, 3.8) is 0 Å². The molecule has 0 atom stereocenters. The van der Waals surface area contributed by atoms with Crippen molar-refractivity contribution in [3.8, 4) is 16.9 Å². The Morgan fingerprint density at radius 3 is 1.43 bits per heavy atom. The highest BCUT2D eigenvalue weighted by Crippen LogP contribution is 2.39. The molecule has 2 N–H and O–H groups in total. The molecule has 0 spiro atoms. The van der Waals surface area contributed by atoms with E-state index in [1.165, 1.54) is 5.56 Å².